The van der Waals surface area contributed by atoms with E-state index in [1.807, 2.05) is 0 Å². The molecule has 5 aromatic rings. The van der Waals surface area contributed by atoms with E-state index in [1.54, 1.807) is 0 Å². The van der Waals surface area contributed by atoms with Crippen LogP contribution in [0.1, 0.15) is 44.4 Å². The monoisotopic (exact) mass is 502 g/mol. The highest BCUT2D eigenvalue weighted by molar-refractivity contribution is 7.68. The SMILES string of the molecule is Cc1cc(C)c(-c2c3ccccc3c(-c3cccc4c3[P@](C(C)(C)C)[C@H](C)O4)c3ccccc23)c(C)c1. The lowest BCUT2D eigenvalue weighted by Crippen LogP contribution is -2.22. The predicted molar refractivity (Wildman–Crippen MR) is 163 cm³/mol. The smallest absolute Gasteiger partial charge is 0.128 e. The first-order valence-corrected chi connectivity index (χ1v) is 14.7. The van der Waals surface area contributed by atoms with Gasteiger partial charge in [-0.05, 0) is 102 Å². The van der Waals surface area contributed by atoms with Crippen molar-refractivity contribution in [1.29, 1.82) is 0 Å². The van der Waals surface area contributed by atoms with Crippen LogP contribution in [0.15, 0.2) is 78.9 Å². The molecule has 0 spiro atoms. The lowest BCUT2D eigenvalue weighted by atomic mass is 9.83. The van der Waals surface area contributed by atoms with E-state index in [-0.39, 0.29) is 11.0 Å². The van der Waals surface area contributed by atoms with Gasteiger partial charge in [-0.1, -0.05) is 99.1 Å². The van der Waals surface area contributed by atoms with Crippen LogP contribution < -0.4 is 10.0 Å². The third kappa shape index (κ3) is 3.79. The molecule has 0 aromatic heterocycles. The molecule has 1 nitrogen and oxygen atoms in total. The maximum absolute atomic E-state index is 6.50. The van der Waals surface area contributed by atoms with Crippen LogP contribution in [-0.2, 0) is 0 Å². The van der Waals surface area contributed by atoms with Crippen LogP contribution in [-0.4, -0.2) is 11.0 Å². The lowest BCUT2D eigenvalue weighted by Gasteiger charge is -2.31. The predicted octanol–water partition coefficient (Wildman–Crippen LogP) is 9.90. The van der Waals surface area contributed by atoms with E-state index in [2.05, 4.69) is 127 Å². The molecular formula is C35H35OP. The van der Waals surface area contributed by atoms with E-state index >= 15 is 0 Å². The van der Waals surface area contributed by atoms with Crippen molar-refractivity contribution in [2.75, 3.05) is 0 Å². The third-order valence-electron chi connectivity index (χ3n) is 7.75. The van der Waals surface area contributed by atoms with E-state index in [0.29, 0.717) is 0 Å². The highest BCUT2D eigenvalue weighted by Gasteiger charge is 2.41. The second kappa shape index (κ2) is 8.71. The zero-order valence-corrected chi connectivity index (χ0v) is 23.8. The molecule has 0 saturated heterocycles. The van der Waals surface area contributed by atoms with Gasteiger partial charge >= 0.3 is 0 Å². The first kappa shape index (κ1) is 24.2. The van der Waals surface area contributed by atoms with Gasteiger partial charge in [0.2, 0.25) is 0 Å². The fraction of sp³-hybridized carbons (Fsp3) is 0.257. The highest BCUT2D eigenvalue weighted by Crippen LogP contribution is 2.60. The Kier molecular flexibility index (Phi) is 5.70. The molecule has 0 amide bonds. The zero-order valence-electron chi connectivity index (χ0n) is 22.9. The zero-order chi connectivity index (χ0) is 26.1. The molecule has 2 atom stereocenters. The molecule has 2 heteroatoms. The maximum atomic E-state index is 6.50. The average Bonchev–Trinajstić information content (AvgIpc) is 3.19. The minimum Gasteiger partial charge on any atom is -0.485 e. The maximum Gasteiger partial charge on any atom is 0.128 e. The summed E-state index contributed by atoms with van der Waals surface area (Å²) in [4.78, 5) is 0. The van der Waals surface area contributed by atoms with E-state index in [1.165, 1.54) is 65.8 Å². The molecule has 0 saturated carbocycles. The molecule has 37 heavy (non-hydrogen) atoms. The first-order chi connectivity index (χ1) is 17.7. The number of rotatable bonds is 2. The molecule has 5 aromatic carbocycles. The van der Waals surface area contributed by atoms with E-state index in [0.717, 1.165) is 5.75 Å². The van der Waals surface area contributed by atoms with Crippen LogP contribution in [0.2, 0.25) is 0 Å². The molecular weight excluding hydrogens is 467 g/mol. The summed E-state index contributed by atoms with van der Waals surface area (Å²) < 4.78 is 6.50. The minimum atomic E-state index is -0.506. The van der Waals surface area contributed by atoms with Gasteiger partial charge in [-0.3, -0.25) is 0 Å². The van der Waals surface area contributed by atoms with Crippen LogP contribution in [0.3, 0.4) is 0 Å². The van der Waals surface area contributed by atoms with Crippen LogP contribution in [0.25, 0.3) is 43.8 Å². The van der Waals surface area contributed by atoms with Gasteiger partial charge in [-0.25, -0.2) is 0 Å². The molecule has 1 aliphatic rings. The van der Waals surface area contributed by atoms with Gasteiger partial charge < -0.3 is 4.74 Å². The summed E-state index contributed by atoms with van der Waals surface area (Å²) in [5.74, 6) is 1.27. The van der Waals surface area contributed by atoms with Crippen LogP contribution in [0, 0.1) is 20.8 Å². The van der Waals surface area contributed by atoms with Crippen LogP contribution >= 0.6 is 7.92 Å². The summed E-state index contributed by atoms with van der Waals surface area (Å²) in [6, 6.07) is 29.3. The van der Waals surface area contributed by atoms with Crippen molar-refractivity contribution < 1.29 is 4.74 Å². The van der Waals surface area contributed by atoms with Gasteiger partial charge in [0, 0.05) is 5.30 Å². The minimum absolute atomic E-state index is 0.151. The second-order valence-electron chi connectivity index (χ2n) is 11.5. The Balaban J connectivity index is 1.78. The largest absolute Gasteiger partial charge is 0.485 e. The molecule has 1 aliphatic heterocycles. The molecule has 0 aliphatic carbocycles. The number of hydrogen-bond acceptors (Lipinski definition) is 1. The number of benzene rings is 5. The highest BCUT2D eigenvalue weighted by atomic mass is 31.1. The number of fused-ring (bicyclic) bond motifs is 3. The molecule has 1 heterocycles. The molecule has 0 N–H and O–H groups in total. The van der Waals surface area contributed by atoms with Crippen LogP contribution in [0.4, 0.5) is 0 Å². The normalized spacial score (nSPS) is 17.3. The molecule has 0 bridgehead atoms. The van der Waals surface area contributed by atoms with Crippen molar-refractivity contribution in [3.8, 4) is 28.0 Å². The average molecular weight is 503 g/mol. The Morgan fingerprint density at radius 3 is 1.68 bits per heavy atom. The van der Waals surface area contributed by atoms with Crippen LogP contribution in [0.5, 0.6) is 5.75 Å². The van der Waals surface area contributed by atoms with Gasteiger partial charge in [-0.2, -0.15) is 0 Å². The lowest BCUT2D eigenvalue weighted by molar-refractivity contribution is 0.313. The topological polar surface area (TPSA) is 9.23 Å². The van der Waals surface area contributed by atoms with Gasteiger partial charge in [0.05, 0.1) is 0 Å². The van der Waals surface area contributed by atoms with Crippen molar-refractivity contribution in [1.82, 2.24) is 0 Å². The Morgan fingerprint density at radius 1 is 0.649 bits per heavy atom. The molecule has 6 rings (SSSR count). The van der Waals surface area contributed by atoms with Gasteiger partial charge in [0.25, 0.3) is 0 Å². The standard InChI is InChI=1S/C35H35OP/c1-21-19-22(2)31(23(3)20-21)33-27-15-10-8-13-25(27)32(26-14-9-11-16-28(26)33)29-17-12-18-30-34(29)37(24(4)36-30)35(5,6)7/h8-20,24H,1-7H3/t24-,37-/m1/s1. The Bertz CT molecular complexity index is 1610. The fourth-order valence-electron chi connectivity index (χ4n) is 6.63. The summed E-state index contributed by atoms with van der Waals surface area (Å²) >= 11 is 0. The summed E-state index contributed by atoms with van der Waals surface area (Å²) in [5.41, 5.74) is 9.35. The Morgan fingerprint density at radius 2 is 1.16 bits per heavy atom. The number of hydrogen-bond donors (Lipinski definition) is 0. The van der Waals surface area contributed by atoms with Crippen molar-refractivity contribution in [2.24, 2.45) is 0 Å². The van der Waals surface area contributed by atoms with Crippen molar-refractivity contribution in [2.45, 2.75) is 59.5 Å². The third-order valence-corrected chi connectivity index (χ3v) is 11.0. The number of ether oxygens (including phenoxy) is 1. The number of aryl methyl sites for hydroxylation is 3. The first-order valence-electron chi connectivity index (χ1n) is 13.3. The summed E-state index contributed by atoms with van der Waals surface area (Å²) in [5, 5.41) is 6.83. The summed E-state index contributed by atoms with van der Waals surface area (Å²) in [6.45, 7) is 16.1. The van der Waals surface area contributed by atoms with Crippen molar-refractivity contribution >= 4 is 34.8 Å². The fourth-order valence-corrected chi connectivity index (χ4v) is 9.78. The van der Waals surface area contributed by atoms with Crippen molar-refractivity contribution in [3.05, 3.63) is 95.6 Å². The van der Waals surface area contributed by atoms with Gasteiger partial charge in [0.1, 0.15) is 11.6 Å². The summed E-state index contributed by atoms with van der Waals surface area (Å²) in [6.07, 6.45) is 0. The van der Waals surface area contributed by atoms with E-state index in [9.17, 15) is 0 Å². The van der Waals surface area contributed by atoms with E-state index < -0.39 is 7.92 Å². The quantitative estimate of drug-likeness (QED) is 0.172. The summed E-state index contributed by atoms with van der Waals surface area (Å²) in [7, 11) is -0.506. The second-order valence-corrected chi connectivity index (χ2v) is 14.8. The molecule has 186 valence electrons. The van der Waals surface area contributed by atoms with Gasteiger partial charge in [-0.15, -0.1) is 0 Å². The Labute approximate surface area is 222 Å². The van der Waals surface area contributed by atoms with Crippen molar-refractivity contribution in [3.63, 3.8) is 0 Å². The molecule has 0 unspecified atom stereocenters. The van der Waals surface area contributed by atoms with E-state index in [4.69, 9.17) is 4.74 Å². The molecule has 0 radical (unpaired) electrons. The van der Waals surface area contributed by atoms with Gasteiger partial charge in [0.15, 0.2) is 0 Å². The Hall–Kier alpha value is -3.15. The molecule has 0 fully saturated rings.